The average molecular weight is 475 g/mol. The van der Waals surface area contributed by atoms with Crippen molar-refractivity contribution in [1.82, 2.24) is 15.2 Å². The van der Waals surface area contributed by atoms with Crippen LogP contribution in [0.4, 0.5) is 21.6 Å². The van der Waals surface area contributed by atoms with Crippen LogP contribution in [-0.2, 0) is 6.42 Å². The van der Waals surface area contributed by atoms with Crippen LogP contribution in [0.1, 0.15) is 29.8 Å². The normalized spacial score (nSPS) is 16.3. The number of nitrogens with two attached hydrogens (primary N) is 2. The van der Waals surface area contributed by atoms with Gasteiger partial charge in [0.25, 0.3) is 5.91 Å². The summed E-state index contributed by atoms with van der Waals surface area (Å²) in [6.07, 6.45) is 0.674. The van der Waals surface area contributed by atoms with Crippen molar-refractivity contribution < 1.29 is 9.18 Å². The largest absolute Gasteiger partial charge is 0.398 e. The molecule has 2 aliphatic rings. The zero-order valence-electron chi connectivity index (χ0n) is 20.1. The Morgan fingerprint density at radius 2 is 1.69 bits per heavy atom. The van der Waals surface area contributed by atoms with E-state index in [0.717, 1.165) is 48.6 Å². The summed E-state index contributed by atoms with van der Waals surface area (Å²) in [6, 6.07) is 13.8. The van der Waals surface area contributed by atoms with Crippen LogP contribution in [-0.4, -0.2) is 54.6 Å². The van der Waals surface area contributed by atoms with E-state index < -0.39 is 5.95 Å². The minimum absolute atomic E-state index is 0.0884. The summed E-state index contributed by atoms with van der Waals surface area (Å²) in [5, 5.41) is 2.81. The number of nitrogens with one attached hydrogen (secondary N) is 1. The Morgan fingerprint density at radius 3 is 2.37 bits per heavy atom. The van der Waals surface area contributed by atoms with Crippen molar-refractivity contribution in [2.45, 2.75) is 26.3 Å². The molecule has 0 radical (unpaired) electrons. The first-order valence-electron chi connectivity index (χ1n) is 12.1. The van der Waals surface area contributed by atoms with Gasteiger partial charge in [-0.3, -0.25) is 9.69 Å². The lowest BCUT2D eigenvalue weighted by Gasteiger charge is -2.38. The van der Waals surface area contributed by atoms with Crippen LogP contribution in [0.15, 0.2) is 42.5 Å². The van der Waals surface area contributed by atoms with E-state index in [1.54, 1.807) is 12.1 Å². The average Bonchev–Trinajstić information content (AvgIpc) is 2.84. The lowest BCUT2D eigenvalue weighted by atomic mass is 9.92. The number of nitrogen functional groups attached to an aromatic ring is 2. The van der Waals surface area contributed by atoms with E-state index in [1.165, 1.54) is 0 Å². The van der Waals surface area contributed by atoms with Crippen LogP contribution in [0.3, 0.4) is 0 Å². The molecular formula is C27H31FN6O. The van der Waals surface area contributed by atoms with Gasteiger partial charge in [0.1, 0.15) is 5.82 Å². The predicted octanol–water partition coefficient (Wildman–Crippen LogP) is 3.54. The minimum Gasteiger partial charge on any atom is -0.398 e. The monoisotopic (exact) mass is 474 g/mol. The van der Waals surface area contributed by atoms with Gasteiger partial charge in [-0.25, -0.2) is 4.98 Å². The highest BCUT2D eigenvalue weighted by Gasteiger charge is 2.23. The maximum atomic E-state index is 14.9. The number of hydrogen-bond donors (Lipinski definition) is 3. The number of piperazine rings is 1. The molecule has 182 valence electrons. The van der Waals surface area contributed by atoms with Crippen molar-refractivity contribution in [2.75, 3.05) is 49.1 Å². The molecule has 3 heterocycles. The van der Waals surface area contributed by atoms with Crippen molar-refractivity contribution >= 4 is 23.1 Å². The number of benzene rings is 2. The summed E-state index contributed by atoms with van der Waals surface area (Å²) in [7, 11) is 0. The molecule has 1 aromatic heterocycles. The lowest BCUT2D eigenvalue weighted by molar-refractivity contribution is 0.0947. The van der Waals surface area contributed by atoms with Gasteiger partial charge in [-0.2, -0.15) is 4.39 Å². The molecule has 8 heteroatoms. The number of rotatable bonds is 4. The number of hydrogen-bond acceptors (Lipinski definition) is 6. The third-order valence-corrected chi connectivity index (χ3v) is 7.06. The fourth-order valence-electron chi connectivity index (χ4n) is 5.04. The van der Waals surface area contributed by atoms with Gasteiger partial charge in [0.2, 0.25) is 5.95 Å². The number of carbonyl (C=O) groups is 1. The zero-order valence-corrected chi connectivity index (χ0v) is 20.1. The molecule has 0 bridgehead atoms. The van der Waals surface area contributed by atoms with Crippen LogP contribution in [0, 0.1) is 5.95 Å². The molecule has 5 N–H and O–H groups in total. The van der Waals surface area contributed by atoms with E-state index in [2.05, 4.69) is 33.9 Å². The number of fused-ring (bicyclic) bond motifs is 1. The molecular weight excluding hydrogens is 443 g/mol. The van der Waals surface area contributed by atoms with Gasteiger partial charge < -0.3 is 21.7 Å². The van der Waals surface area contributed by atoms with Crippen LogP contribution in [0.25, 0.3) is 22.3 Å². The number of anilines is 3. The van der Waals surface area contributed by atoms with Gasteiger partial charge in [0, 0.05) is 61.3 Å². The van der Waals surface area contributed by atoms with E-state index >= 15 is 0 Å². The lowest BCUT2D eigenvalue weighted by Crippen LogP contribution is -2.48. The molecule has 3 aromatic rings. The van der Waals surface area contributed by atoms with Gasteiger partial charge in [0.05, 0.1) is 5.56 Å². The number of amides is 1. The van der Waals surface area contributed by atoms with E-state index in [-0.39, 0.29) is 11.7 Å². The molecule has 0 aliphatic carbocycles. The third-order valence-electron chi connectivity index (χ3n) is 7.06. The third kappa shape index (κ3) is 4.41. The summed E-state index contributed by atoms with van der Waals surface area (Å²) in [6.45, 7) is 9.01. The standard InChI is InChI=1S/C27H31FN6O/c1-16(2)33-9-11-34(12-10-33)20-5-3-17(4-6-20)21-15-22(26(30)32-25(21)28)19-13-18-7-8-31-27(35)24(18)23(29)14-19/h3-6,13-16H,7-12,29H2,1-2H3,(H2,30,32)(H,31,35). The number of carbonyl (C=O) groups excluding carboxylic acids is 1. The van der Waals surface area contributed by atoms with Crippen molar-refractivity contribution in [3.63, 3.8) is 0 Å². The second kappa shape index (κ2) is 9.19. The SMILES string of the molecule is CC(C)N1CCN(c2ccc(-c3cc(-c4cc(N)c5c(c4)CCNC5=O)c(N)nc3F)cc2)CC1. The molecule has 1 saturated heterocycles. The summed E-state index contributed by atoms with van der Waals surface area (Å²) in [4.78, 5) is 21.0. The quantitative estimate of drug-likeness (QED) is 0.395. The Labute approximate surface area is 204 Å². The summed E-state index contributed by atoms with van der Waals surface area (Å²) in [5.74, 6) is -0.702. The highest BCUT2D eigenvalue weighted by atomic mass is 19.1. The molecule has 2 aliphatic heterocycles. The number of halogens is 1. The molecule has 0 atom stereocenters. The summed E-state index contributed by atoms with van der Waals surface area (Å²) in [5.41, 5.74) is 17.6. The van der Waals surface area contributed by atoms with E-state index in [4.69, 9.17) is 11.5 Å². The Bertz CT molecular complexity index is 1270. The molecule has 0 spiro atoms. The Hall–Kier alpha value is -3.65. The maximum Gasteiger partial charge on any atom is 0.253 e. The maximum absolute atomic E-state index is 14.9. The van der Waals surface area contributed by atoms with E-state index in [1.807, 2.05) is 30.3 Å². The number of aromatic nitrogens is 1. The van der Waals surface area contributed by atoms with Crippen molar-refractivity contribution in [1.29, 1.82) is 0 Å². The van der Waals surface area contributed by atoms with Crippen LogP contribution in [0.2, 0.25) is 0 Å². The molecule has 35 heavy (non-hydrogen) atoms. The molecule has 0 unspecified atom stereocenters. The molecule has 0 saturated carbocycles. The number of nitrogens with zero attached hydrogens (tertiary/aromatic N) is 3. The molecule has 5 rings (SSSR count). The highest BCUT2D eigenvalue weighted by Crippen LogP contribution is 2.35. The summed E-state index contributed by atoms with van der Waals surface area (Å²) < 4.78 is 14.9. The Morgan fingerprint density at radius 1 is 0.971 bits per heavy atom. The molecule has 1 amide bonds. The topological polar surface area (TPSA) is 101 Å². The van der Waals surface area contributed by atoms with Crippen LogP contribution < -0.4 is 21.7 Å². The fourth-order valence-corrected chi connectivity index (χ4v) is 5.04. The van der Waals surface area contributed by atoms with Gasteiger partial charge in [0.15, 0.2) is 0 Å². The fraction of sp³-hybridized carbons (Fsp3) is 0.333. The van der Waals surface area contributed by atoms with E-state index in [0.29, 0.717) is 41.4 Å². The second-order valence-electron chi connectivity index (χ2n) is 9.53. The smallest absolute Gasteiger partial charge is 0.253 e. The predicted molar refractivity (Wildman–Crippen MR) is 139 cm³/mol. The first-order valence-corrected chi connectivity index (χ1v) is 12.1. The van der Waals surface area contributed by atoms with Crippen LogP contribution in [0.5, 0.6) is 0 Å². The van der Waals surface area contributed by atoms with Crippen molar-refractivity contribution in [3.05, 3.63) is 59.5 Å². The van der Waals surface area contributed by atoms with Gasteiger partial charge in [-0.05, 0) is 61.2 Å². The zero-order chi connectivity index (χ0) is 24.7. The van der Waals surface area contributed by atoms with Gasteiger partial charge in [-0.15, -0.1) is 0 Å². The number of pyridine rings is 1. The molecule has 7 nitrogen and oxygen atoms in total. The van der Waals surface area contributed by atoms with Crippen LogP contribution >= 0.6 is 0 Å². The first-order chi connectivity index (χ1) is 16.8. The highest BCUT2D eigenvalue weighted by molar-refractivity contribution is 6.02. The molecule has 1 fully saturated rings. The van der Waals surface area contributed by atoms with Crippen molar-refractivity contribution in [3.8, 4) is 22.3 Å². The first kappa shape index (κ1) is 23.1. The van der Waals surface area contributed by atoms with Gasteiger partial charge in [-0.1, -0.05) is 18.2 Å². The Kier molecular flexibility index (Phi) is 6.06. The molecule has 2 aromatic carbocycles. The van der Waals surface area contributed by atoms with E-state index in [9.17, 15) is 9.18 Å². The minimum atomic E-state index is -0.616. The second-order valence-corrected chi connectivity index (χ2v) is 9.53. The van der Waals surface area contributed by atoms with Crippen molar-refractivity contribution in [2.24, 2.45) is 0 Å². The Balaban J connectivity index is 1.44. The summed E-state index contributed by atoms with van der Waals surface area (Å²) >= 11 is 0. The van der Waals surface area contributed by atoms with Gasteiger partial charge >= 0.3 is 0 Å².